The number of nitrogens with one attached hydrogen (secondary N) is 1. The molecule has 0 aromatic heterocycles. The Kier molecular flexibility index (Phi) is 3.57. The van der Waals surface area contributed by atoms with Crippen LogP contribution in [-0.2, 0) is 0 Å². The van der Waals surface area contributed by atoms with Crippen LogP contribution in [0, 0.1) is 16.0 Å². The Bertz CT molecular complexity index is 471. The predicted molar refractivity (Wildman–Crippen MR) is 64.2 cm³/mol. The van der Waals surface area contributed by atoms with Crippen LogP contribution in [0.1, 0.15) is 23.2 Å². The van der Waals surface area contributed by atoms with E-state index in [1.54, 1.807) is 6.07 Å². The first kappa shape index (κ1) is 12.5. The average Bonchev–Trinajstić information content (AvgIpc) is 3.19. The van der Waals surface area contributed by atoms with E-state index in [-0.39, 0.29) is 23.7 Å². The molecule has 1 amide bonds. The van der Waals surface area contributed by atoms with Crippen molar-refractivity contribution >= 4 is 11.6 Å². The number of aliphatic hydroxyl groups excluding tert-OH is 1. The summed E-state index contributed by atoms with van der Waals surface area (Å²) in [6, 6.07) is 5.76. The zero-order valence-electron chi connectivity index (χ0n) is 9.70. The summed E-state index contributed by atoms with van der Waals surface area (Å²) >= 11 is 0. The molecule has 1 aromatic rings. The van der Waals surface area contributed by atoms with Crippen molar-refractivity contribution in [3.05, 3.63) is 39.9 Å². The van der Waals surface area contributed by atoms with Crippen molar-refractivity contribution in [2.45, 2.75) is 18.9 Å². The fourth-order valence-electron chi connectivity index (χ4n) is 1.77. The summed E-state index contributed by atoms with van der Waals surface area (Å²) in [5, 5.41) is 22.9. The molecular formula is C12H14N2O4. The van der Waals surface area contributed by atoms with Gasteiger partial charge in [0, 0.05) is 12.6 Å². The van der Waals surface area contributed by atoms with Gasteiger partial charge in [0.2, 0.25) is 0 Å². The van der Waals surface area contributed by atoms with Gasteiger partial charge in [-0.05, 0) is 24.8 Å². The first-order valence-corrected chi connectivity index (χ1v) is 5.79. The average molecular weight is 250 g/mol. The van der Waals surface area contributed by atoms with Crippen LogP contribution in [0.3, 0.4) is 0 Å². The minimum absolute atomic E-state index is 0.0190. The number of aliphatic hydroxyl groups is 1. The molecule has 2 rings (SSSR count). The smallest absolute Gasteiger partial charge is 0.282 e. The van der Waals surface area contributed by atoms with Crippen molar-refractivity contribution in [1.29, 1.82) is 0 Å². The number of carbonyl (C=O) groups excluding carboxylic acids is 1. The third-order valence-electron chi connectivity index (χ3n) is 2.98. The Labute approximate surface area is 104 Å². The summed E-state index contributed by atoms with van der Waals surface area (Å²) in [4.78, 5) is 22.0. The molecule has 1 unspecified atom stereocenters. The van der Waals surface area contributed by atoms with E-state index in [0.717, 1.165) is 12.8 Å². The van der Waals surface area contributed by atoms with Gasteiger partial charge in [-0.15, -0.1) is 0 Å². The lowest BCUT2D eigenvalue weighted by Gasteiger charge is -2.10. The maximum atomic E-state index is 11.8. The van der Waals surface area contributed by atoms with E-state index in [9.17, 15) is 20.0 Å². The molecule has 6 nitrogen and oxygen atoms in total. The monoisotopic (exact) mass is 250 g/mol. The van der Waals surface area contributed by atoms with Crippen LogP contribution in [0.2, 0.25) is 0 Å². The number of para-hydroxylation sites is 1. The molecule has 0 heterocycles. The molecule has 1 aliphatic rings. The molecule has 6 heteroatoms. The highest BCUT2D eigenvalue weighted by molar-refractivity contribution is 5.98. The lowest BCUT2D eigenvalue weighted by molar-refractivity contribution is -0.385. The molecule has 1 aromatic carbocycles. The van der Waals surface area contributed by atoms with Gasteiger partial charge in [-0.2, -0.15) is 0 Å². The summed E-state index contributed by atoms with van der Waals surface area (Å²) in [6.45, 7) is 0.134. The van der Waals surface area contributed by atoms with Crippen LogP contribution in [0.15, 0.2) is 24.3 Å². The largest absolute Gasteiger partial charge is 0.391 e. The van der Waals surface area contributed by atoms with Crippen LogP contribution in [0.25, 0.3) is 0 Å². The normalized spacial score (nSPS) is 16.1. The number of amides is 1. The third kappa shape index (κ3) is 2.84. The van der Waals surface area contributed by atoms with Crippen molar-refractivity contribution in [1.82, 2.24) is 5.32 Å². The SMILES string of the molecule is O=C(NCC(O)C1CC1)c1ccccc1[N+](=O)[O-]. The minimum Gasteiger partial charge on any atom is -0.391 e. The fraction of sp³-hybridized carbons (Fsp3) is 0.417. The number of rotatable bonds is 5. The minimum atomic E-state index is -0.591. The van der Waals surface area contributed by atoms with Gasteiger partial charge >= 0.3 is 0 Å². The van der Waals surface area contributed by atoms with E-state index >= 15 is 0 Å². The highest BCUT2D eigenvalue weighted by atomic mass is 16.6. The van der Waals surface area contributed by atoms with Crippen molar-refractivity contribution in [2.75, 3.05) is 6.54 Å². The number of benzene rings is 1. The van der Waals surface area contributed by atoms with Crippen LogP contribution >= 0.6 is 0 Å². The van der Waals surface area contributed by atoms with E-state index in [4.69, 9.17) is 0 Å². The van der Waals surface area contributed by atoms with Gasteiger partial charge in [0.15, 0.2) is 0 Å². The first-order chi connectivity index (χ1) is 8.59. The Morgan fingerprint density at radius 2 is 2.17 bits per heavy atom. The van der Waals surface area contributed by atoms with Gasteiger partial charge in [0.1, 0.15) is 5.56 Å². The zero-order valence-corrected chi connectivity index (χ0v) is 9.70. The summed E-state index contributed by atoms with van der Waals surface area (Å²) in [7, 11) is 0. The van der Waals surface area contributed by atoms with Gasteiger partial charge in [-0.25, -0.2) is 0 Å². The lowest BCUT2D eigenvalue weighted by Crippen LogP contribution is -2.33. The molecule has 96 valence electrons. The highest BCUT2D eigenvalue weighted by Gasteiger charge is 2.30. The maximum Gasteiger partial charge on any atom is 0.282 e. The van der Waals surface area contributed by atoms with Crippen molar-refractivity contribution in [3.63, 3.8) is 0 Å². The second-order valence-electron chi connectivity index (χ2n) is 4.39. The number of nitrogens with zero attached hydrogens (tertiary/aromatic N) is 1. The molecular weight excluding hydrogens is 236 g/mol. The van der Waals surface area contributed by atoms with E-state index in [2.05, 4.69) is 5.32 Å². The van der Waals surface area contributed by atoms with Crippen molar-refractivity contribution in [3.8, 4) is 0 Å². The summed E-state index contributed by atoms with van der Waals surface area (Å²) in [5.74, 6) is -0.266. The van der Waals surface area contributed by atoms with E-state index in [1.807, 2.05) is 0 Å². The van der Waals surface area contributed by atoms with Crippen LogP contribution < -0.4 is 5.32 Å². The number of nitro benzene ring substituents is 1. The van der Waals surface area contributed by atoms with Crippen LogP contribution in [0.5, 0.6) is 0 Å². The number of carbonyl (C=O) groups is 1. The Hall–Kier alpha value is -1.95. The van der Waals surface area contributed by atoms with Crippen molar-refractivity contribution in [2.24, 2.45) is 5.92 Å². The molecule has 1 fully saturated rings. The zero-order chi connectivity index (χ0) is 13.1. The standard InChI is InChI=1S/C12H14N2O4/c15-11(8-5-6-8)7-13-12(16)9-3-1-2-4-10(9)14(17)18/h1-4,8,11,15H,5-7H2,(H,13,16). The topological polar surface area (TPSA) is 92.5 Å². The molecule has 18 heavy (non-hydrogen) atoms. The summed E-state index contributed by atoms with van der Waals surface area (Å²) < 4.78 is 0. The van der Waals surface area contributed by atoms with E-state index in [1.165, 1.54) is 18.2 Å². The third-order valence-corrected chi connectivity index (χ3v) is 2.98. The second kappa shape index (κ2) is 5.14. The van der Waals surface area contributed by atoms with Gasteiger partial charge in [-0.1, -0.05) is 12.1 Å². The maximum absolute atomic E-state index is 11.8. The van der Waals surface area contributed by atoms with E-state index < -0.39 is 16.9 Å². The van der Waals surface area contributed by atoms with Gasteiger partial charge in [0.05, 0.1) is 11.0 Å². The first-order valence-electron chi connectivity index (χ1n) is 5.79. The highest BCUT2D eigenvalue weighted by Crippen LogP contribution is 2.32. The second-order valence-corrected chi connectivity index (χ2v) is 4.39. The Morgan fingerprint density at radius 3 is 2.78 bits per heavy atom. The Balaban J connectivity index is 2.01. The van der Waals surface area contributed by atoms with Gasteiger partial charge in [0.25, 0.3) is 11.6 Å². The predicted octanol–water partition coefficient (Wildman–Crippen LogP) is 1.10. The van der Waals surface area contributed by atoms with Gasteiger partial charge in [-0.3, -0.25) is 14.9 Å². The fourth-order valence-corrected chi connectivity index (χ4v) is 1.77. The van der Waals surface area contributed by atoms with Crippen LogP contribution in [-0.4, -0.2) is 28.6 Å². The molecule has 0 bridgehead atoms. The summed E-state index contributed by atoms with van der Waals surface area (Å²) in [6.07, 6.45) is 1.39. The lowest BCUT2D eigenvalue weighted by atomic mass is 10.1. The quantitative estimate of drug-likeness (QED) is 0.604. The molecule has 1 atom stereocenters. The molecule has 0 saturated heterocycles. The number of hydrogen-bond donors (Lipinski definition) is 2. The molecule has 0 aliphatic heterocycles. The molecule has 0 spiro atoms. The molecule has 1 aliphatic carbocycles. The molecule has 1 saturated carbocycles. The van der Waals surface area contributed by atoms with Gasteiger partial charge < -0.3 is 10.4 Å². The number of hydrogen-bond acceptors (Lipinski definition) is 4. The van der Waals surface area contributed by atoms with Crippen molar-refractivity contribution < 1.29 is 14.8 Å². The molecule has 0 radical (unpaired) electrons. The molecule has 2 N–H and O–H groups in total. The van der Waals surface area contributed by atoms with Crippen LogP contribution in [0.4, 0.5) is 5.69 Å². The van der Waals surface area contributed by atoms with E-state index in [0.29, 0.717) is 0 Å². The Morgan fingerprint density at radius 1 is 1.50 bits per heavy atom. The summed E-state index contributed by atoms with van der Waals surface area (Å²) in [5.41, 5.74) is -0.207. The number of nitro groups is 1.